The lowest BCUT2D eigenvalue weighted by atomic mass is 9.93. The van der Waals surface area contributed by atoms with Gasteiger partial charge in [0, 0.05) is 37.0 Å². The summed E-state index contributed by atoms with van der Waals surface area (Å²) in [5.74, 6) is 0.220. The quantitative estimate of drug-likeness (QED) is 0.742. The second-order valence-corrected chi connectivity index (χ2v) is 10.4. The maximum Gasteiger partial charge on any atom is 0.410 e. The average Bonchev–Trinajstić information content (AvgIpc) is 2.51. The molecular weight excluding hydrogens is 400 g/mol. The van der Waals surface area contributed by atoms with Crippen LogP contribution in [0.25, 0.3) is 11.3 Å². The van der Waals surface area contributed by atoms with Crippen molar-refractivity contribution in [3.05, 3.63) is 47.1 Å². The van der Waals surface area contributed by atoms with E-state index in [1.165, 1.54) is 12.1 Å². The summed E-state index contributed by atoms with van der Waals surface area (Å²) in [7, 11) is -3.31. The van der Waals surface area contributed by atoms with Gasteiger partial charge in [0.15, 0.2) is 9.84 Å². The van der Waals surface area contributed by atoms with Gasteiger partial charge in [0.05, 0.1) is 15.6 Å². The summed E-state index contributed by atoms with van der Waals surface area (Å²) in [5.41, 5.74) is 1.87. The van der Waals surface area contributed by atoms with Crippen molar-refractivity contribution >= 4 is 27.5 Å². The number of rotatable bonds is 3. The number of halogens is 1. The van der Waals surface area contributed by atoms with Crippen molar-refractivity contribution in [3.8, 4) is 11.3 Å². The molecule has 0 radical (unpaired) electrons. The van der Waals surface area contributed by atoms with E-state index in [2.05, 4.69) is 4.98 Å². The predicted octanol–water partition coefficient (Wildman–Crippen LogP) is 4.14. The Morgan fingerprint density at radius 1 is 1.21 bits per heavy atom. The zero-order valence-electron chi connectivity index (χ0n) is 16.3. The molecule has 1 saturated heterocycles. The number of benzene rings is 1. The van der Waals surface area contributed by atoms with E-state index in [0.29, 0.717) is 29.4 Å². The van der Waals surface area contributed by atoms with Gasteiger partial charge < -0.3 is 9.64 Å². The topological polar surface area (TPSA) is 76.6 Å². The molecule has 1 aromatic heterocycles. The molecule has 6 nitrogen and oxygen atoms in total. The lowest BCUT2D eigenvalue weighted by Gasteiger charge is -2.39. The van der Waals surface area contributed by atoms with Crippen LogP contribution in [0.5, 0.6) is 0 Å². The number of ether oxygens (including phenoxy) is 1. The molecule has 1 aliphatic heterocycles. The fraction of sp³-hybridized carbons (Fsp3) is 0.400. The lowest BCUT2D eigenvalue weighted by molar-refractivity contribution is 0.00817. The first-order valence-electron chi connectivity index (χ1n) is 8.88. The standard InChI is InChI=1S/C20H23ClN2O4S/c1-20(2,3)27-19(24)23-11-14(12-23)13-5-8-18(22-10-13)16-7-6-15(9-17(16)21)28(4,25)26/h5-10,14H,11-12H2,1-4H3. The third kappa shape index (κ3) is 4.64. The highest BCUT2D eigenvalue weighted by Crippen LogP contribution is 2.32. The average molecular weight is 423 g/mol. The van der Waals surface area contributed by atoms with E-state index in [4.69, 9.17) is 16.3 Å². The van der Waals surface area contributed by atoms with E-state index >= 15 is 0 Å². The molecule has 28 heavy (non-hydrogen) atoms. The highest BCUT2D eigenvalue weighted by Gasteiger charge is 2.34. The van der Waals surface area contributed by atoms with Gasteiger partial charge in [-0.05, 0) is 44.5 Å². The van der Waals surface area contributed by atoms with Gasteiger partial charge in [-0.1, -0.05) is 23.7 Å². The van der Waals surface area contributed by atoms with Crippen molar-refractivity contribution in [3.63, 3.8) is 0 Å². The number of likely N-dealkylation sites (tertiary alicyclic amines) is 1. The summed E-state index contributed by atoms with van der Waals surface area (Å²) < 4.78 is 28.6. The summed E-state index contributed by atoms with van der Waals surface area (Å²) in [4.78, 5) is 18.3. The third-order valence-corrected chi connectivity index (χ3v) is 5.86. The Kier molecular flexibility index (Phi) is 5.42. The zero-order chi connectivity index (χ0) is 20.7. The maximum atomic E-state index is 12.0. The van der Waals surface area contributed by atoms with E-state index in [0.717, 1.165) is 11.8 Å². The van der Waals surface area contributed by atoms with Gasteiger partial charge in [-0.15, -0.1) is 0 Å². The maximum absolute atomic E-state index is 12.0. The number of sulfone groups is 1. The van der Waals surface area contributed by atoms with E-state index < -0.39 is 15.4 Å². The molecule has 0 bridgehead atoms. The molecule has 2 heterocycles. The molecule has 150 valence electrons. The Hall–Kier alpha value is -2.12. The molecule has 1 aliphatic rings. The van der Waals surface area contributed by atoms with Crippen LogP contribution in [0.4, 0.5) is 4.79 Å². The normalized spacial score (nSPS) is 15.2. The first-order chi connectivity index (χ1) is 12.9. The van der Waals surface area contributed by atoms with Gasteiger partial charge in [0.25, 0.3) is 0 Å². The number of aromatic nitrogens is 1. The molecule has 1 amide bonds. The molecule has 0 spiro atoms. The molecule has 3 rings (SSSR count). The van der Waals surface area contributed by atoms with E-state index in [1.807, 2.05) is 32.9 Å². The van der Waals surface area contributed by atoms with Crippen LogP contribution in [0.2, 0.25) is 5.02 Å². The Bertz CT molecular complexity index is 992. The third-order valence-electron chi connectivity index (χ3n) is 4.44. The highest BCUT2D eigenvalue weighted by molar-refractivity contribution is 7.90. The SMILES string of the molecule is CC(C)(C)OC(=O)N1CC(c2ccc(-c3ccc(S(C)(=O)=O)cc3Cl)nc2)C1. The van der Waals surface area contributed by atoms with Crippen molar-refractivity contribution in [1.82, 2.24) is 9.88 Å². The Labute approximate surface area is 170 Å². The van der Waals surface area contributed by atoms with Gasteiger partial charge in [0.2, 0.25) is 0 Å². The van der Waals surface area contributed by atoms with E-state index in [-0.39, 0.29) is 16.9 Å². The van der Waals surface area contributed by atoms with Crippen LogP contribution in [0, 0.1) is 0 Å². The Morgan fingerprint density at radius 3 is 2.39 bits per heavy atom. The molecule has 0 unspecified atom stereocenters. The molecule has 0 aliphatic carbocycles. The molecule has 0 atom stereocenters. The van der Waals surface area contributed by atoms with Crippen LogP contribution >= 0.6 is 11.6 Å². The molecule has 8 heteroatoms. The number of carbonyl (C=O) groups excluding carboxylic acids is 1. The number of hydrogen-bond donors (Lipinski definition) is 0. The van der Waals surface area contributed by atoms with Crippen molar-refractivity contribution in [1.29, 1.82) is 0 Å². The summed E-state index contributed by atoms with van der Waals surface area (Å²) in [5, 5.41) is 0.336. The minimum atomic E-state index is -3.31. The zero-order valence-corrected chi connectivity index (χ0v) is 17.8. The predicted molar refractivity (Wildman–Crippen MR) is 108 cm³/mol. The molecular formula is C20H23ClN2O4S. The minimum absolute atomic E-state index is 0.176. The van der Waals surface area contributed by atoms with Crippen LogP contribution in [0.1, 0.15) is 32.3 Å². The molecule has 1 aromatic carbocycles. The number of hydrogen-bond acceptors (Lipinski definition) is 5. The molecule has 0 N–H and O–H groups in total. The Balaban J connectivity index is 1.68. The van der Waals surface area contributed by atoms with Crippen molar-refractivity contribution < 1.29 is 17.9 Å². The number of carbonyl (C=O) groups is 1. The first-order valence-corrected chi connectivity index (χ1v) is 11.1. The van der Waals surface area contributed by atoms with Crippen LogP contribution in [-0.2, 0) is 14.6 Å². The van der Waals surface area contributed by atoms with Crippen LogP contribution in [0.15, 0.2) is 41.4 Å². The van der Waals surface area contributed by atoms with Crippen LogP contribution in [-0.4, -0.2) is 49.3 Å². The number of nitrogens with zero attached hydrogens (tertiary/aromatic N) is 2. The number of amides is 1. The van der Waals surface area contributed by atoms with Gasteiger partial charge >= 0.3 is 6.09 Å². The molecule has 0 saturated carbocycles. The van der Waals surface area contributed by atoms with Crippen molar-refractivity contribution in [2.24, 2.45) is 0 Å². The Morgan fingerprint density at radius 2 is 1.89 bits per heavy atom. The van der Waals surface area contributed by atoms with Gasteiger partial charge in [-0.3, -0.25) is 4.98 Å². The largest absolute Gasteiger partial charge is 0.444 e. The highest BCUT2D eigenvalue weighted by atomic mass is 35.5. The second kappa shape index (κ2) is 7.37. The number of pyridine rings is 1. The van der Waals surface area contributed by atoms with Crippen molar-refractivity contribution in [2.45, 2.75) is 37.2 Å². The summed E-state index contributed by atoms with van der Waals surface area (Å²) in [6.07, 6.45) is 2.61. The first kappa shape index (κ1) is 20.6. The summed E-state index contributed by atoms with van der Waals surface area (Å²) in [6, 6.07) is 8.44. The summed E-state index contributed by atoms with van der Waals surface area (Å²) >= 11 is 6.25. The van der Waals surface area contributed by atoms with Gasteiger partial charge in [-0.2, -0.15) is 0 Å². The lowest BCUT2D eigenvalue weighted by Crippen LogP contribution is -2.50. The van der Waals surface area contributed by atoms with Gasteiger partial charge in [-0.25, -0.2) is 13.2 Å². The van der Waals surface area contributed by atoms with Gasteiger partial charge in [0.1, 0.15) is 5.60 Å². The second-order valence-electron chi connectivity index (χ2n) is 7.97. The smallest absolute Gasteiger partial charge is 0.410 e. The fourth-order valence-electron chi connectivity index (χ4n) is 2.91. The fourth-order valence-corrected chi connectivity index (χ4v) is 3.89. The summed E-state index contributed by atoms with van der Waals surface area (Å²) in [6.45, 7) is 6.73. The minimum Gasteiger partial charge on any atom is -0.444 e. The monoisotopic (exact) mass is 422 g/mol. The van der Waals surface area contributed by atoms with Crippen LogP contribution < -0.4 is 0 Å². The molecule has 2 aromatic rings. The van der Waals surface area contributed by atoms with E-state index in [1.54, 1.807) is 17.2 Å². The van der Waals surface area contributed by atoms with Crippen LogP contribution in [0.3, 0.4) is 0 Å². The molecule has 1 fully saturated rings. The van der Waals surface area contributed by atoms with E-state index in [9.17, 15) is 13.2 Å². The van der Waals surface area contributed by atoms with Crippen molar-refractivity contribution in [2.75, 3.05) is 19.3 Å².